The molecule has 1 aromatic heterocycles. The molecule has 2 heterocycles. The predicted molar refractivity (Wildman–Crippen MR) is 55.9 cm³/mol. The number of likely N-dealkylation sites (tertiary alicyclic amines) is 1. The van der Waals surface area contributed by atoms with Crippen LogP contribution < -0.4 is 0 Å². The Balaban J connectivity index is 2.04. The monoisotopic (exact) mass is 231 g/mol. The largest absolute Gasteiger partial charge is 0.386 e. The molecule has 1 fully saturated rings. The molecule has 3 nitrogen and oxygen atoms in total. The molecule has 0 spiro atoms. The summed E-state index contributed by atoms with van der Waals surface area (Å²) in [5.74, 6) is -0.0559. The van der Waals surface area contributed by atoms with E-state index < -0.39 is 5.60 Å². The van der Waals surface area contributed by atoms with Crippen LogP contribution in [0.15, 0.2) is 11.4 Å². The lowest BCUT2D eigenvalue weighted by Crippen LogP contribution is -2.61. The topological polar surface area (TPSA) is 40.5 Å². The van der Waals surface area contributed by atoms with Gasteiger partial charge in [0.05, 0.1) is 28.6 Å². The Hall–Kier alpha value is -0.580. The molecule has 0 radical (unpaired) electrons. The molecule has 0 saturated carbocycles. The van der Waals surface area contributed by atoms with Crippen molar-refractivity contribution in [3.8, 4) is 0 Å². The number of amides is 1. The molecule has 0 atom stereocenters. The maximum Gasteiger partial charge on any atom is 0.254 e. The Bertz CT molecular complexity index is 367. The van der Waals surface area contributed by atoms with Crippen LogP contribution >= 0.6 is 22.9 Å². The van der Waals surface area contributed by atoms with Crippen LogP contribution in [-0.2, 0) is 0 Å². The van der Waals surface area contributed by atoms with E-state index in [1.54, 1.807) is 23.3 Å². The fraction of sp³-hybridized carbons (Fsp3) is 0.444. The SMILES string of the molecule is CC1(O)CN(C(=O)c2csc(Cl)c2)C1. The third-order valence-electron chi connectivity index (χ3n) is 2.16. The molecule has 1 aliphatic heterocycles. The molecular weight excluding hydrogens is 222 g/mol. The minimum atomic E-state index is -0.713. The number of nitrogens with zero attached hydrogens (tertiary/aromatic N) is 1. The van der Waals surface area contributed by atoms with Crippen molar-refractivity contribution in [3.05, 3.63) is 21.3 Å². The van der Waals surface area contributed by atoms with E-state index in [0.717, 1.165) is 0 Å². The molecule has 5 heteroatoms. The van der Waals surface area contributed by atoms with E-state index in [2.05, 4.69) is 0 Å². The summed E-state index contributed by atoms with van der Waals surface area (Å²) in [4.78, 5) is 13.3. The van der Waals surface area contributed by atoms with E-state index in [1.807, 2.05) is 0 Å². The fourth-order valence-electron chi connectivity index (χ4n) is 1.52. The van der Waals surface area contributed by atoms with Gasteiger partial charge in [-0.05, 0) is 13.0 Å². The van der Waals surface area contributed by atoms with Gasteiger partial charge in [-0.15, -0.1) is 11.3 Å². The van der Waals surface area contributed by atoms with Crippen molar-refractivity contribution < 1.29 is 9.90 Å². The standard InChI is InChI=1S/C9H10ClNO2S/c1-9(13)4-11(5-9)8(12)6-2-7(10)14-3-6/h2-3,13H,4-5H2,1H3. The van der Waals surface area contributed by atoms with E-state index in [-0.39, 0.29) is 5.91 Å². The first-order chi connectivity index (χ1) is 6.48. The molecule has 1 aromatic rings. The van der Waals surface area contributed by atoms with Crippen molar-refractivity contribution in [1.82, 2.24) is 4.90 Å². The van der Waals surface area contributed by atoms with Crippen molar-refractivity contribution in [2.24, 2.45) is 0 Å². The molecule has 0 unspecified atom stereocenters. The van der Waals surface area contributed by atoms with E-state index >= 15 is 0 Å². The summed E-state index contributed by atoms with van der Waals surface area (Å²) >= 11 is 7.06. The minimum Gasteiger partial charge on any atom is -0.386 e. The third kappa shape index (κ3) is 1.78. The smallest absolute Gasteiger partial charge is 0.254 e. The number of rotatable bonds is 1. The van der Waals surface area contributed by atoms with Gasteiger partial charge in [0.2, 0.25) is 0 Å². The second kappa shape index (κ2) is 3.22. The molecule has 0 bridgehead atoms. The van der Waals surface area contributed by atoms with Gasteiger partial charge in [0, 0.05) is 5.38 Å². The molecule has 1 aliphatic rings. The molecule has 14 heavy (non-hydrogen) atoms. The van der Waals surface area contributed by atoms with Gasteiger partial charge in [0.15, 0.2) is 0 Å². The zero-order chi connectivity index (χ0) is 10.3. The van der Waals surface area contributed by atoms with E-state index in [4.69, 9.17) is 11.6 Å². The minimum absolute atomic E-state index is 0.0559. The number of hydrogen-bond acceptors (Lipinski definition) is 3. The Morgan fingerprint density at radius 3 is 2.79 bits per heavy atom. The summed E-state index contributed by atoms with van der Waals surface area (Å²) in [5.41, 5.74) is -0.106. The van der Waals surface area contributed by atoms with Gasteiger partial charge in [0.25, 0.3) is 5.91 Å². The third-order valence-corrected chi connectivity index (χ3v) is 3.26. The lowest BCUT2D eigenvalue weighted by atomic mass is 9.96. The van der Waals surface area contributed by atoms with Crippen molar-refractivity contribution in [2.75, 3.05) is 13.1 Å². The second-order valence-corrected chi connectivity index (χ2v) is 5.34. The first kappa shape index (κ1) is 9.96. The highest BCUT2D eigenvalue weighted by Crippen LogP contribution is 2.25. The van der Waals surface area contributed by atoms with Crippen LogP contribution in [0.1, 0.15) is 17.3 Å². The predicted octanol–water partition coefficient (Wildman–Crippen LogP) is 1.61. The average molecular weight is 232 g/mol. The van der Waals surface area contributed by atoms with Crippen LogP contribution in [0.2, 0.25) is 4.34 Å². The number of halogens is 1. The van der Waals surface area contributed by atoms with Gasteiger partial charge >= 0.3 is 0 Å². The van der Waals surface area contributed by atoms with Crippen molar-refractivity contribution in [1.29, 1.82) is 0 Å². The summed E-state index contributed by atoms with van der Waals surface area (Å²) in [5, 5.41) is 11.2. The highest BCUT2D eigenvalue weighted by molar-refractivity contribution is 7.14. The number of carbonyl (C=O) groups excluding carboxylic acids is 1. The zero-order valence-corrected chi connectivity index (χ0v) is 9.23. The van der Waals surface area contributed by atoms with Crippen LogP contribution in [0, 0.1) is 0 Å². The quantitative estimate of drug-likeness (QED) is 0.798. The molecule has 1 saturated heterocycles. The lowest BCUT2D eigenvalue weighted by molar-refractivity contribution is -0.0668. The Morgan fingerprint density at radius 2 is 2.36 bits per heavy atom. The normalized spacial score (nSPS) is 19.2. The van der Waals surface area contributed by atoms with Gasteiger partial charge in [0.1, 0.15) is 0 Å². The number of carbonyl (C=O) groups is 1. The Kier molecular flexibility index (Phi) is 2.29. The van der Waals surface area contributed by atoms with Crippen LogP contribution in [-0.4, -0.2) is 34.6 Å². The van der Waals surface area contributed by atoms with Crippen LogP contribution in [0.3, 0.4) is 0 Å². The molecule has 0 aliphatic carbocycles. The Morgan fingerprint density at radius 1 is 1.71 bits per heavy atom. The summed E-state index contributed by atoms with van der Waals surface area (Å²) in [6.07, 6.45) is 0. The van der Waals surface area contributed by atoms with Crippen molar-refractivity contribution in [2.45, 2.75) is 12.5 Å². The average Bonchev–Trinajstić information content (AvgIpc) is 2.46. The highest BCUT2D eigenvalue weighted by atomic mass is 35.5. The number of hydrogen-bond donors (Lipinski definition) is 1. The van der Waals surface area contributed by atoms with Gasteiger partial charge in [-0.2, -0.15) is 0 Å². The number of thiophene rings is 1. The maximum atomic E-state index is 11.7. The van der Waals surface area contributed by atoms with Gasteiger partial charge in [-0.1, -0.05) is 11.6 Å². The van der Waals surface area contributed by atoms with Crippen molar-refractivity contribution >= 4 is 28.8 Å². The zero-order valence-electron chi connectivity index (χ0n) is 7.66. The van der Waals surface area contributed by atoms with Gasteiger partial charge in [-0.3, -0.25) is 4.79 Å². The molecule has 76 valence electrons. The highest BCUT2D eigenvalue weighted by Gasteiger charge is 2.39. The van der Waals surface area contributed by atoms with E-state index in [1.165, 1.54) is 11.3 Å². The van der Waals surface area contributed by atoms with Crippen molar-refractivity contribution in [3.63, 3.8) is 0 Å². The summed E-state index contributed by atoms with van der Waals surface area (Å²) < 4.78 is 0.612. The van der Waals surface area contributed by atoms with Gasteiger partial charge in [-0.25, -0.2) is 0 Å². The van der Waals surface area contributed by atoms with E-state index in [0.29, 0.717) is 23.0 Å². The van der Waals surface area contributed by atoms with E-state index in [9.17, 15) is 9.90 Å². The molecule has 2 rings (SSSR count). The van der Waals surface area contributed by atoms with Gasteiger partial charge < -0.3 is 10.0 Å². The fourth-order valence-corrected chi connectivity index (χ4v) is 2.38. The maximum absolute atomic E-state index is 11.7. The summed E-state index contributed by atoms with van der Waals surface area (Å²) in [7, 11) is 0. The molecule has 1 N–H and O–H groups in total. The molecular formula is C9H10ClNO2S. The number of β-amino-alcohol motifs (C(OH)–C–C–N with tert-alkyl or cyclic N) is 1. The summed E-state index contributed by atoms with van der Waals surface area (Å²) in [6, 6.07) is 1.65. The summed E-state index contributed by atoms with van der Waals surface area (Å²) in [6.45, 7) is 2.52. The number of aliphatic hydroxyl groups is 1. The lowest BCUT2D eigenvalue weighted by Gasteiger charge is -2.44. The van der Waals surface area contributed by atoms with Crippen LogP contribution in [0.5, 0.6) is 0 Å². The first-order valence-corrected chi connectivity index (χ1v) is 5.49. The second-order valence-electron chi connectivity index (χ2n) is 3.80. The van der Waals surface area contributed by atoms with Crippen LogP contribution in [0.25, 0.3) is 0 Å². The first-order valence-electron chi connectivity index (χ1n) is 4.24. The Labute approximate surface area is 90.9 Å². The molecule has 0 aromatic carbocycles. The molecule has 1 amide bonds. The van der Waals surface area contributed by atoms with Crippen LogP contribution in [0.4, 0.5) is 0 Å².